The normalized spacial score (nSPS) is 10.3. The molecule has 0 bridgehead atoms. The molecule has 1 aromatic carbocycles. The Morgan fingerprint density at radius 3 is 2.84 bits per heavy atom. The van der Waals surface area contributed by atoms with Crippen molar-refractivity contribution in [3.05, 3.63) is 48.4 Å². The topological polar surface area (TPSA) is 64.1 Å². The first-order valence-corrected chi connectivity index (χ1v) is 5.99. The van der Waals surface area contributed by atoms with Crippen LogP contribution in [0.15, 0.2) is 42.9 Å². The van der Waals surface area contributed by atoms with E-state index in [1.807, 2.05) is 19.9 Å². The van der Waals surface area contributed by atoms with Crippen molar-refractivity contribution in [2.45, 2.75) is 20.0 Å². The number of amides is 1. The smallest absolute Gasteiger partial charge is 0.256 e. The van der Waals surface area contributed by atoms with Crippen LogP contribution in [-0.4, -0.2) is 22.0 Å². The molecule has 0 unspecified atom stereocenters. The van der Waals surface area contributed by atoms with Crippen LogP contribution < -0.4 is 10.1 Å². The van der Waals surface area contributed by atoms with Gasteiger partial charge in [0.2, 0.25) is 0 Å². The van der Waals surface area contributed by atoms with Crippen molar-refractivity contribution >= 4 is 11.7 Å². The Kier molecular flexibility index (Phi) is 4.07. The Hall–Kier alpha value is -2.43. The number of ether oxygens (including phenoxy) is 1. The minimum atomic E-state index is -0.241. The van der Waals surface area contributed by atoms with Crippen molar-refractivity contribution in [2.75, 3.05) is 5.32 Å². The number of aromatic nitrogens is 2. The third kappa shape index (κ3) is 3.77. The molecule has 5 heteroatoms. The molecular formula is C14H15N3O2. The van der Waals surface area contributed by atoms with Gasteiger partial charge in [0, 0.05) is 18.0 Å². The summed E-state index contributed by atoms with van der Waals surface area (Å²) in [5, 5.41) is 2.67. The predicted octanol–water partition coefficient (Wildman–Crippen LogP) is 2.52. The van der Waals surface area contributed by atoms with Crippen LogP contribution in [0.1, 0.15) is 24.2 Å². The number of carbonyl (C=O) groups excluding carboxylic acids is 1. The van der Waals surface area contributed by atoms with Crippen molar-refractivity contribution < 1.29 is 9.53 Å². The molecule has 2 rings (SSSR count). The highest BCUT2D eigenvalue weighted by Gasteiger charge is 2.08. The third-order valence-electron chi connectivity index (χ3n) is 2.27. The molecule has 0 saturated heterocycles. The molecule has 0 fully saturated rings. The second-order valence-corrected chi connectivity index (χ2v) is 4.24. The fourth-order valence-corrected chi connectivity index (χ4v) is 1.53. The Balaban J connectivity index is 2.11. The van der Waals surface area contributed by atoms with Crippen LogP contribution in [0.3, 0.4) is 0 Å². The first-order chi connectivity index (χ1) is 9.15. The van der Waals surface area contributed by atoms with Gasteiger partial charge in [-0.25, -0.2) is 4.98 Å². The van der Waals surface area contributed by atoms with Crippen LogP contribution in [0.5, 0.6) is 5.75 Å². The number of rotatable bonds is 4. The third-order valence-corrected chi connectivity index (χ3v) is 2.27. The van der Waals surface area contributed by atoms with Crippen LogP contribution in [0.4, 0.5) is 5.82 Å². The average Bonchev–Trinajstić information content (AvgIpc) is 2.39. The highest BCUT2D eigenvalue weighted by molar-refractivity contribution is 6.03. The predicted molar refractivity (Wildman–Crippen MR) is 72.2 cm³/mol. The number of hydrogen-bond acceptors (Lipinski definition) is 4. The minimum Gasteiger partial charge on any atom is -0.491 e. The van der Waals surface area contributed by atoms with Crippen molar-refractivity contribution in [3.8, 4) is 5.75 Å². The maximum atomic E-state index is 12.0. The molecule has 0 aliphatic carbocycles. The number of nitrogens with one attached hydrogen (secondary N) is 1. The van der Waals surface area contributed by atoms with Crippen molar-refractivity contribution in [2.24, 2.45) is 0 Å². The van der Waals surface area contributed by atoms with E-state index in [1.54, 1.807) is 24.4 Å². The van der Waals surface area contributed by atoms with Gasteiger partial charge in [-0.15, -0.1) is 0 Å². The number of nitrogens with zero attached hydrogens (tertiary/aromatic N) is 2. The molecule has 1 aromatic heterocycles. The van der Waals surface area contributed by atoms with Crippen molar-refractivity contribution in [1.29, 1.82) is 0 Å². The maximum absolute atomic E-state index is 12.0. The largest absolute Gasteiger partial charge is 0.491 e. The summed E-state index contributed by atoms with van der Waals surface area (Å²) in [7, 11) is 0. The lowest BCUT2D eigenvalue weighted by Crippen LogP contribution is -2.13. The molecular weight excluding hydrogens is 242 g/mol. The van der Waals surface area contributed by atoms with Crippen molar-refractivity contribution in [3.63, 3.8) is 0 Å². The quantitative estimate of drug-likeness (QED) is 0.914. The van der Waals surface area contributed by atoms with E-state index in [2.05, 4.69) is 15.3 Å². The lowest BCUT2D eigenvalue weighted by atomic mass is 10.2. The summed E-state index contributed by atoms with van der Waals surface area (Å²) in [6.07, 6.45) is 4.63. The summed E-state index contributed by atoms with van der Waals surface area (Å²) in [5.74, 6) is 0.846. The Labute approximate surface area is 111 Å². The van der Waals surface area contributed by atoms with E-state index in [9.17, 15) is 4.79 Å². The second-order valence-electron chi connectivity index (χ2n) is 4.24. The first kappa shape index (κ1) is 13.0. The van der Waals surface area contributed by atoms with Gasteiger partial charge in [0.25, 0.3) is 5.91 Å². The molecule has 1 amide bonds. The van der Waals surface area contributed by atoms with Crippen LogP contribution >= 0.6 is 0 Å². The van der Waals surface area contributed by atoms with Gasteiger partial charge >= 0.3 is 0 Å². The highest BCUT2D eigenvalue weighted by Crippen LogP contribution is 2.15. The summed E-state index contributed by atoms with van der Waals surface area (Å²) in [4.78, 5) is 19.9. The zero-order chi connectivity index (χ0) is 13.7. The van der Waals surface area contributed by atoms with E-state index in [1.165, 1.54) is 12.4 Å². The molecule has 19 heavy (non-hydrogen) atoms. The van der Waals surface area contributed by atoms with Crippen LogP contribution in [-0.2, 0) is 0 Å². The van der Waals surface area contributed by atoms with Gasteiger partial charge in [-0.05, 0) is 32.0 Å². The molecule has 1 N–H and O–H groups in total. The standard InChI is InChI=1S/C14H15N3O2/c1-10(2)19-12-5-3-4-11(8-12)14(18)17-13-9-15-6-7-16-13/h3-10H,1-2H3,(H,16,17,18). The maximum Gasteiger partial charge on any atom is 0.256 e. The zero-order valence-electron chi connectivity index (χ0n) is 10.8. The molecule has 0 spiro atoms. The lowest BCUT2D eigenvalue weighted by Gasteiger charge is -2.10. The van der Waals surface area contributed by atoms with Gasteiger partial charge in [-0.1, -0.05) is 6.07 Å². The van der Waals surface area contributed by atoms with Crippen LogP contribution in [0.25, 0.3) is 0 Å². The molecule has 0 aliphatic heterocycles. The lowest BCUT2D eigenvalue weighted by molar-refractivity contribution is 0.102. The monoisotopic (exact) mass is 257 g/mol. The van der Waals surface area contributed by atoms with Crippen LogP contribution in [0.2, 0.25) is 0 Å². The molecule has 1 heterocycles. The summed E-state index contributed by atoms with van der Waals surface area (Å²) in [6.45, 7) is 3.87. The number of anilines is 1. The molecule has 0 aliphatic rings. The SMILES string of the molecule is CC(C)Oc1cccc(C(=O)Nc2cnccn2)c1. The van der Waals surface area contributed by atoms with E-state index in [-0.39, 0.29) is 12.0 Å². The summed E-state index contributed by atoms with van der Waals surface area (Å²) in [6, 6.07) is 7.02. The summed E-state index contributed by atoms with van der Waals surface area (Å²) >= 11 is 0. The Morgan fingerprint density at radius 2 is 2.16 bits per heavy atom. The first-order valence-electron chi connectivity index (χ1n) is 5.99. The van der Waals surface area contributed by atoms with E-state index < -0.39 is 0 Å². The summed E-state index contributed by atoms with van der Waals surface area (Å²) < 4.78 is 5.55. The minimum absolute atomic E-state index is 0.0679. The second kappa shape index (κ2) is 5.95. The van der Waals surface area contributed by atoms with Gasteiger partial charge in [0.15, 0.2) is 5.82 Å². The number of benzene rings is 1. The van der Waals surface area contributed by atoms with Crippen LogP contribution in [0, 0.1) is 0 Å². The molecule has 5 nitrogen and oxygen atoms in total. The molecule has 98 valence electrons. The van der Waals surface area contributed by atoms with E-state index >= 15 is 0 Å². The zero-order valence-corrected chi connectivity index (χ0v) is 10.8. The highest BCUT2D eigenvalue weighted by atomic mass is 16.5. The molecule has 2 aromatic rings. The fraction of sp³-hybridized carbons (Fsp3) is 0.214. The van der Waals surface area contributed by atoms with Gasteiger partial charge in [0.05, 0.1) is 12.3 Å². The number of carbonyl (C=O) groups is 1. The van der Waals surface area contributed by atoms with Gasteiger partial charge < -0.3 is 10.1 Å². The number of hydrogen-bond donors (Lipinski definition) is 1. The van der Waals surface area contributed by atoms with Gasteiger partial charge in [-0.3, -0.25) is 9.78 Å². The summed E-state index contributed by atoms with van der Waals surface area (Å²) in [5.41, 5.74) is 0.517. The van der Waals surface area contributed by atoms with E-state index in [4.69, 9.17) is 4.74 Å². The van der Waals surface area contributed by atoms with Crippen molar-refractivity contribution in [1.82, 2.24) is 9.97 Å². The fourth-order valence-electron chi connectivity index (χ4n) is 1.53. The van der Waals surface area contributed by atoms with Gasteiger partial charge in [0.1, 0.15) is 5.75 Å². The average molecular weight is 257 g/mol. The molecule has 0 radical (unpaired) electrons. The van der Waals surface area contributed by atoms with E-state index in [0.717, 1.165) is 0 Å². The Morgan fingerprint density at radius 1 is 1.32 bits per heavy atom. The Bertz CT molecular complexity index is 556. The van der Waals surface area contributed by atoms with E-state index in [0.29, 0.717) is 17.1 Å². The molecule has 0 atom stereocenters. The molecule has 0 saturated carbocycles. The van der Waals surface area contributed by atoms with Gasteiger partial charge in [-0.2, -0.15) is 0 Å².